The highest BCUT2D eigenvalue weighted by atomic mass is 32.2. The van der Waals surface area contributed by atoms with Crippen LogP contribution in [0.5, 0.6) is 0 Å². The van der Waals surface area contributed by atoms with Crippen LogP contribution in [0.4, 0.5) is 0 Å². The summed E-state index contributed by atoms with van der Waals surface area (Å²) in [6.45, 7) is 0. The van der Waals surface area contributed by atoms with Crippen molar-refractivity contribution in [2.24, 2.45) is 5.14 Å². The second-order valence-electron chi connectivity index (χ2n) is 1.81. The lowest BCUT2D eigenvalue weighted by Crippen LogP contribution is -2.23. The predicted octanol–water partition coefficient (Wildman–Crippen LogP) is -1.33. The third kappa shape index (κ3) is 4.45. The number of aliphatic carboxylic acids is 1. The van der Waals surface area contributed by atoms with Crippen LogP contribution in [0.15, 0.2) is 0 Å². The molecule has 0 aliphatic heterocycles. The Hall–Kier alpha value is -0.950. The first kappa shape index (κ1) is 10.0. The van der Waals surface area contributed by atoms with Gasteiger partial charge in [0.15, 0.2) is 0 Å². The number of primary sulfonamides is 1. The standard InChI is InChI=1S/C4H7NO5S/c5-11(9,10)4(8)2-1-3(6)7/h1-2H2,(H,6,7)(H2,5,9,10). The van der Waals surface area contributed by atoms with Crippen LogP contribution in [0.1, 0.15) is 12.8 Å². The summed E-state index contributed by atoms with van der Waals surface area (Å²) < 4.78 is 20.4. The van der Waals surface area contributed by atoms with Gasteiger partial charge in [-0.2, -0.15) is 0 Å². The van der Waals surface area contributed by atoms with Crippen molar-refractivity contribution in [1.82, 2.24) is 0 Å². The van der Waals surface area contributed by atoms with Crippen LogP contribution in [0.2, 0.25) is 0 Å². The number of hydrogen-bond acceptors (Lipinski definition) is 4. The smallest absolute Gasteiger partial charge is 0.303 e. The minimum Gasteiger partial charge on any atom is -0.481 e. The molecule has 7 heteroatoms. The third-order valence-corrected chi connectivity index (χ3v) is 1.70. The molecule has 0 heterocycles. The van der Waals surface area contributed by atoms with Crippen LogP contribution < -0.4 is 5.14 Å². The minimum absolute atomic E-state index is 0.519. The Kier molecular flexibility index (Phi) is 3.15. The second kappa shape index (κ2) is 3.44. The molecular formula is C4H7NO5S. The van der Waals surface area contributed by atoms with E-state index in [0.717, 1.165) is 0 Å². The van der Waals surface area contributed by atoms with Crippen LogP contribution in [0, 0.1) is 0 Å². The molecule has 0 fully saturated rings. The van der Waals surface area contributed by atoms with E-state index in [1.54, 1.807) is 0 Å². The monoisotopic (exact) mass is 181 g/mol. The summed E-state index contributed by atoms with van der Waals surface area (Å²) >= 11 is 0. The van der Waals surface area contributed by atoms with Crippen molar-refractivity contribution in [2.75, 3.05) is 0 Å². The molecule has 0 unspecified atom stereocenters. The van der Waals surface area contributed by atoms with Gasteiger partial charge in [0.25, 0.3) is 15.1 Å². The molecule has 0 atom stereocenters. The van der Waals surface area contributed by atoms with E-state index in [-0.39, 0.29) is 0 Å². The van der Waals surface area contributed by atoms with Gasteiger partial charge >= 0.3 is 5.97 Å². The van der Waals surface area contributed by atoms with Gasteiger partial charge in [-0.1, -0.05) is 0 Å². The molecule has 0 aromatic rings. The van der Waals surface area contributed by atoms with Crippen molar-refractivity contribution in [3.05, 3.63) is 0 Å². The van der Waals surface area contributed by atoms with Crippen LogP contribution in [0.25, 0.3) is 0 Å². The van der Waals surface area contributed by atoms with E-state index in [1.165, 1.54) is 0 Å². The number of rotatable bonds is 3. The quantitative estimate of drug-likeness (QED) is 0.559. The fourth-order valence-electron chi connectivity index (χ4n) is 0.351. The summed E-state index contributed by atoms with van der Waals surface area (Å²) in [6.07, 6.45) is -1.09. The lowest BCUT2D eigenvalue weighted by atomic mass is 10.3. The zero-order valence-corrected chi connectivity index (χ0v) is 6.30. The molecule has 64 valence electrons. The van der Waals surface area contributed by atoms with Gasteiger partial charge < -0.3 is 5.11 Å². The van der Waals surface area contributed by atoms with Crippen LogP contribution in [-0.2, 0) is 19.6 Å². The summed E-state index contributed by atoms with van der Waals surface area (Å²) in [5, 5.41) is 11.2. The maximum absolute atomic E-state index is 10.4. The molecule has 0 saturated carbocycles. The average molecular weight is 181 g/mol. The largest absolute Gasteiger partial charge is 0.481 e. The molecule has 0 amide bonds. The molecule has 11 heavy (non-hydrogen) atoms. The normalized spacial score (nSPS) is 11.0. The lowest BCUT2D eigenvalue weighted by Gasteiger charge is -1.92. The first-order chi connectivity index (χ1) is 4.84. The Morgan fingerprint density at radius 2 is 1.73 bits per heavy atom. The predicted molar refractivity (Wildman–Crippen MR) is 35.0 cm³/mol. The van der Waals surface area contributed by atoms with Gasteiger partial charge in [-0.05, 0) is 0 Å². The second-order valence-corrected chi connectivity index (χ2v) is 3.36. The van der Waals surface area contributed by atoms with Crippen molar-refractivity contribution in [3.63, 3.8) is 0 Å². The fraction of sp³-hybridized carbons (Fsp3) is 0.500. The van der Waals surface area contributed by atoms with Crippen LogP contribution in [-0.4, -0.2) is 24.6 Å². The maximum atomic E-state index is 10.4. The number of carboxylic acids is 1. The molecule has 0 bridgehead atoms. The van der Waals surface area contributed by atoms with Crippen LogP contribution >= 0.6 is 0 Å². The zero-order valence-electron chi connectivity index (χ0n) is 5.48. The Morgan fingerprint density at radius 1 is 1.27 bits per heavy atom. The van der Waals surface area contributed by atoms with E-state index in [9.17, 15) is 18.0 Å². The number of hydrogen-bond donors (Lipinski definition) is 2. The number of carbonyl (C=O) groups excluding carboxylic acids is 1. The first-order valence-electron chi connectivity index (χ1n) is 2.61. The summed E-state index contributed by atoms with van der Waals surface area (Å²) in [5.74, 6) is -1.23. The van der Waals surface area contributed by atoms with Gasteiger partial charge in [-0.25, -0.2) is 13.6 Å². The highest BCUT2D eigenvalue weighted by Gasteiger charge is 2.16. The summed E-state index contributed by atoms with van der Waals surface area (Å²) in [4.78, 5) is 20.2. The van der Waals surface area contributed by atoms with E-state index in [1.807, 2.05) is 0 Å². The molecule has 0 spiro atoms. The van der Waals surface area contributed by atoms with E-state index < -0.39 is 33.9 Å². The molecular weight excluding hydrogens is 174 g/mol. The molecule has 0 saturated heterocycles. The minimum atomic E-state index is -4.20. The number of sulfonamides is 1. The van der Waals surface area contributed by atoms with E-state index in [0.29, 0.717) is 0 Å². The summed E-state index contributed by atoms with van der Waals surface area (Å²) in [5.41, 5.74) is 0. The van der Waals surface area contributed by atoms with Crippen molar-refractivity contribution in [3.8, 4) is 0 Å². The number of carbonyl (C=O) groups is 2. The highest BCUT2D eigenvalue weighted by Crippen LogP contribution is 1.94. The maximum Gasteiger partial charge on any atom is 0.303 e. The highest BCUT2D eigenvalue weighted by molar-refractivity contribution is 8.04. The fourth-order valence-corrected chi connectivity index (χ4v) is 0.738. The van der Waals surface area contributed by atoms with Gasteiger partial charge in [0.05, 0.1) is 6.42 Å². The molecule has 3 N–H and O–H groups in total. The molecule has 0 aromatic heterocycles. The average Bonchev–Trinajstić information content (AvgIpc) is 1.80. The van der Waals surface area contributed by atoms with Gasteiger partial charge in [-0.15, -0.1) is 0 Å². The molecule has 0 aromatic carbocycles. The molecule has 6 nitrogen and oxygen atoms in total. The SMILES string of the molecule is NS(=O)(=O)C(=O)CCC(=O)O. The van der Waals surface area contributed by atoms with Crippen molar-refractivity contribution >= 4 is 21.1 Å². The van der Waals surface area contributed by atoms with Gasteiger partial charge in [0, 0.05) is 6.42 Å². The topological polar surface area (TPSA) is 115 Å². The Labute approximate surface area is 63.1 Å². The van der Waals surface area contributed by atoms with E-state index in [2.05, 4.69) is 5.14 Å². The summed E-state index contributed by atoms with van der Waals surface area (Å²) in [6, 6.07) is 0. The Morgan fingerprint density at radius 3 is 2.00 bits per heavy atom. The summed E-state index contributed by atoms with van der Waals surface area (Å²) in [7, 11) is -4.20. The Balaban J connectivity index is 4.02. The van der Waals surface area contributed by atoms with Gasteiger partial charge in [0.1, 0.15) is 0 Å². The number of carboxylic acid groups (broad SMARTS) is 1. The molecule has 0 aliphatic rings. The zero-order chi connectivity index (χ0) is 9.07. The van der Waals surface area contributed by atoms with Crippen molar-refractivity contribution < 1.29 is 23.1 Å². The third-order valence-electron chi connectivity index (χ3n) is 0.860. The lowest BCUT2D eigenvalue weighted by molar-refractivity contribution is -0.138. The van der Waals surface area contributed by atoms with Crippen LogP contribution in [0.3, 0.4) is 0 Å². The molecule has 0 aliphatic carbocycles. The van der Waals surface area contributed by atoms with Crippen molar-refractivity contribution in [1.29, 1.82) is 0 Å². The van der Waals surface area contributed by atoms with Gasteiger partial charge in [0.2, 0.25) is 0 Å². The number of nitrogens with two attached hydrogens (primary N) is 1. The molecule has 0 rings (SSSR count). The first-order valence-corrected chi connectivity index (χ1v) is 4.16. The van der Waals surface area contributed by atoms with E-state index >= 15 is 0 Å². The van der Waals surface area contributed by atoms with E-state index in [4.69, 9.17) is 5.11 Å². The van der Waals surface area contributed by atoms with Gasteiger partial charge in [-0.3, -0.25) is 9.59 Å². The van der Waals surface area contributed by atoms with Crippen molar-refractivity contribution in [2.45, 2.75) is 12.8 Å². The Bertz CT molecular complexity index is 266. The molecule has 0 radical (unpaired) electrons.